The first-order valence-corrected chi connectivity index (χ1v) is 23.5. The summed E-state index contributed by atoms with van der Waals surface area (Å²) in [6.07, 6.45) is 9.95. The van der Waals surface area contributed by atoms with Crippen molar-refractivity contribution in [1.29, 1.82) is 0 Å². The Balaban J connectivity index is 0.00000137. The molecular formula is C30H27Cl2HfSi. The van der Waals surface area contributed by atoms with E-state index in [9.17, 15) is 0 Å². The van der Waals surface area contributed by atoms with Gasteiger partial charge in [0.25, 0.3) is 0 Å². The van der Waals surface area contributed by atoms with Crippen molar-refractivity contribution in [2.24, 2.45) is 0 Å². The second-order valence-corrected chi connectivity index (χ2v) is 30.6. The van der Waals surface area contributed by atoms with E-state index in [1.165, 1.54) is 11.1 Å². The standard InChI is InChI=1S/C12H11Si.2C9H7.2ClH.Hf/c1-3-7-11(8-4-1)13-12-9-5-2-6-10-12;2*1-2-5-9-7-3-6-8(9)4-1;;;/h1-10,13H;2*1-7H;2*1H;. The molecule has 34 heavy (non-hydrogen) atoms. The van der Waals surface area contributed by atoms with Gasteiger partial charge in [0.05, 0.1) is 0 Å². The van der Waals surface area contributed by atoms with Crippen LogP contribution in [0.2, 0.25) is 0 Å². The van der Waals surface area contributed by atoms with E-state index in [1.807, 2.05) is 0 Å². The van der Waals surface area contributed by atoms with Gasteiger partial charge in [0, 0.05) is 0 Å². The van der Waals surface area contributed by atoms with E-state index >= 15 is 0 Å². The van der Waals surface area contributed by atoms with E-state index in [0.29, 0.717) is 7.35 Å². The van der Waals surface area contributed by atoms with Crippen LogP contribution >= 0.6 is 24.8 Å². The smallest absolute Gasteiger partial charge is 0.147 e. The SMILES string of the molecule is C1=C[C@@H]([Hf]([C@H]2C=Cc3ccccc32)[SiH](c2ccccc2)c2ccccc2)c2ccccc21.Cl.Cl. The van der Waals surface area contributed by atoms with Crippen molar-refractivity contribution >= 4 is 53.3 Å². The average molecular weight is 665 g/mol. The maximum atomic E-state index is 2.58. The van der Waals surface area contributed by atoms with Crippen molar-refractivity contribution in [3.8, 4) is 0 Å². The minimum atomic E-state index is -2.44. The summed E-state index contributed by atoms with van der Waals surface area (Å²) in [7, 11) is 0. The Morgan fingerprint density at radius 3 is 1.29 bits per heavy atom. The van der Waals surface area contributed by atoms with Crippen LogP contribution in [0.1, 0.15) is 29.6 Å². The number of hydrogen-bond donors (Lipinski definition) is 0. The van der Waals surface area contributed by atoms with Gasteiger partial charge in [-0.2, -0.15) is 0 Å². The molecule has 0 heterocycles. The number of rotatable bonds is 5. The zero-order valence-electron chi connectivity index (χ0n) is 18.8. The Morgan fingerprint density at radius 2 is 0.853 bits per heavy atom. The third kappa shape index (κ3) is 4.62. The minimum Gasteiger partial charge on any atom is -0.147 e. The molecule has 2 atom stereocenters. The quantitative estimate of drug-likeness (QED) is 0.213. The normalized spacial score (nSPS) is 17.0. The fourth-order valence-electron chi connectivity index (χ4n) is 5.50. The van der Waals surface area contributed by atoms with Crippen LogP contribution in [0.4, 0.5) is 0 Å². The van der Waals surface area contributed by atoms with Gasteiger partial charge in [-0.15, -0.1) is 24.8 Å². The number of benzene rings is 4. The van der Waals surface area contributed by atoms with Crippen LogP contribution in [0, 0.1) is 0 Å². The topological polar surface area (TPSA) is 0 Å². The molecule has 0 N–H and O–H groups in total. The van der Waals surface area contributed by atoms with Gasteiger partial charge in [-0.05, 0) is 0 Å². The maximum Gasteiger partial charge on any atom is -0.147 e. The van der Waals surface area contributed by atoms with Crippen LogP contribution in [0.15, 0.2) is 121 Å². The zero-order chi connectivity index (χ0) is 21.3. The van der Waals surface area contributed by atoms with E-state index in [0.717, 1.165) is 0 Å². The third-order valence-electron chi connectivity index (χ3n) is 6.92. The second kappa shape index (κ2) is 11.2. The van der Waals surface area contributed by atoms with Gasteiger partial charge in [0.2, 0.25) is 0 Å². The first-order valence-electron chi connectivity index (χ1n) is 11.4. The fourth-order valence-corrected chi connectivity index (χ4v) is 41.7. The molecule has 169 valence electrons. The van der Waals surface area contributed by atoms with Gasteiger partial charge in [0.1, 0.15) is 0 Å². The molecule has 2 aliphatic rings. The maximum absolute atomic E-state index is 2.58. The van der Waals surface area contributed by atoms with Gasteiger partial charge in [-0.3, -0.25) is 0 Å². The predicted molar refractivity (Wildman–Crippen MR) is 150 cm³/mol. The van der Waals surface area contributed by atoms with Crippen LogP contribution in [-0.2, 0) is 20.6 Å². The average Bonchev–Trinajstić information content (AvgIpc) is 3.48. The molecule has 0 unspecified atom stereocenters. The minimum absolute atomic E-state index is 0. The predicted octanol–water partition coefficient (Wildman–Crippen LogP) is 6.52. The molecule has 0 aliphatic heterocycles. The van der Waals surface area contributed by atoms with Crippen molar-refractivity contribution < 1.29 is 20.6 Å². The first kappa shape index (κ1) is 25.1. The molecule has 2 aliphatic carbocycles. The first-order chi connectivity index (χ1) is 15.9. The summed E-state index contributed by atoms with van der Waals surface area (Å²) in [5.41, 5.74) is 6.03. The molecule has 0 aromatic heterocycles. The van der Waals surface area contributed by atoms with E-state index in [4.69, 9.17) is 0 Å². The van der Waals surface area contributed by atoms with Crippen LogP contribution in [0.3, 0.4) is 0 Å². The molecule has 0 spiro atoms. The fraction of sp³-hybridized carbons (Fsp3) is 0.0667. The Morgan fingerprint density at radius 1 is 0.471 bits per heavy atom. The van der Waals surface area contributed by atoms with Crippen LogP contribution in [-0.4, -0.2) is 5.98 Å². The van der Waals surface area contributed by atoms with Crippen LogP contribution in [0.5, 0.6) is 0 Å². The Hall–Kier alpha value is -1.97. The zero-order valence-corrected chi connectivity index (χ0v) is 25.1. The molecule has 0 bridgehead atoms. The van der Waals surface area contributed by atoms with E-state index in [2.05, 4.69) is 133 Å². The van der Waals surface area contributed by atoms with Crippen molar-refractivity contribution in [3.63, 3.8) is 0 Å². The Bertz CT molecular complexity index is 1200. The van der Waals surface area contributed by atoms with Crippen LogP contribution in [0.25, 0.3) is 12.2 Å². The Labute approximate surface area is 223 Å². The molecule has 0 amide bonds. The molecule has 0 radical (unpaired) electrons. The molecule has 6 rings (SSSR count). The van der Waals surface area contributed by atoms with Crippen molar-refractivity contribution in [2.45, 2.75) is 7.35 Å². The van der Waals surface area contributed by atoms with Gasteiger partial charge in [-0.25, -0.2) is 0 Å². The Kier molecular flexibility index (Phi) is 8.26. The van der Waals surface area contributed by atoms with Gasteiger partial charge >= 0.3 is 200 Å². The molecule has 0 fully saturated rings. The largest absolute Gasteiger partial charge is 0.147 e. The molecule has 0 saturated carbocycles. The molecule has 0 saturated heterocycles. The third-order valence-corrected chi connectivity index (χ3v) is 38.7. The summed E-state index contributed by atoms with van der Waals surface area (Å²) >= 11 is -2.44. The molecule has 0 nitrogen and oxygen atoms in total. The van der Waals surface area contributed by atoms with Gasteiger partial charge in [-0.1, -0.05) is 0 Å². The monoisotopic (exact) mass is 665 g/mol. The van der Waals surface area contributed by atoms with Crippen molar-refractivity contribution in [1.82, 2.24) is 0 Å². The summed E-state index contributed by atoms with van der Waals surface area (Å²) in [6, 6.07) is 41.3. The number of halogens is 2. The molecule has 4 heteroatoms. The molecule has 4 aromatic carbocycles. The van der Waals surface area contributed by atoms with E-state index in [1.54, 1.807) is 21.5 Å². The second-order valence-electron chi connectivity index (χ2n) is 8.69. The van der Waals surface area contributed by atoms with E-state index < -0.39 is 26.6 Å². The van der Waals surface area contributed by atoms with Crippen LogP contribution < -0.4 is 10.4 Å². The van der Waals surface area contributed by atoms with E-state index in [-0.39, 0.29) is 24.8 Å². The summed E-state index contributed by atoms with van der Waals surface area (Å²) in [5.74, 6) is -1.38. The number of allylic oxidation sites excluding steroid dienone is 2. The summed E-state index contributed by atoms with van der Waals surface area (Å²) in [4.78, 5) is 0. The number of fused-ring (bicyclic) bond motifs is 2. The van der Waals surface area contributed by atoms with Gasteiger partial charge in [0.15, 0.2) is 0 Å². The molecule has 4 aromatic rings. The number of hydrogen-bond acceptors (Lipinski definition) is 0. The van der Waals surface area contributed by atoms with Crippen molar-refractivity contribution in [3.05, 3.63) is 144 Å². The summed E-state index contributed by atoms with van der Waals surface area (Å²) < 4.78 is 1.27. The van der Waals surface area contributed by atoms with Crippen molar-refractivity contribution in [2.75, 3.05) is 0 Å². The molecular weight excluding hydrogens is 638 g/mol. The van der Waals surface area contributed by atoms with Gasteiger partial charge < -0.3 is 0 Å². The summed E-state index contributed by atoms with van der Waals surface area (Å²) in [5, 5.41) is 3.24. The summed E-state index contributed by atoms with van der Waals surface area (Å²) in [6.45, 7) is 0.